The number of aliphatic carboxylic acids is 1. The predicted molar refractivity (Wildman–Crippen MR) is 78.9 cm³/mol. The summed E-state index contributed by atoms with van der Waals surface area (Å²) in [7, 11) is 0. The lowest BCUT2D eigenvalue weighted by Gasteiger charge is -2.28. The molecule has 0 fully saturated rings. The third kappa shape index (κ3) is 4.74. The van der Waals surface area contributed by atoms with Gasteiger partial charge in [0.25, 0.3) is 0 Å². The van der Waals surface area contributed by atoms with Gasteiger partial charge in [-0.05, 0) is 31.4 Å². The summed E-state index contributed by atoms with van der Waals surface area (Å²) in [6.45, 7) is 8.33. The van der Waals surface area contributed by atoms with E-state index in [4.69, 9.17) is 0 Å². The third-order valence-corrected chi connectivity index (χ3v) is 4.73. The fraction of sp³-hybridized carbons (Fsp3) is 0.750. The molecule has 2 N–H and O–H groups in total. The van der Waals surface area contributed by atoms with Crippen LogP contribution in [0.2, 0.25) is 0 Å². The van der Waals surface area contributed by atoms with E-state index < -0.39 is 11.5 Å². The molecule has 0 aliphatic rings. The number of nitrogens with one attached hydrogen (secondary N) is 1. The number of aryl methyl sites for hydroxylation is 1. The van der Waals surface area contributed by atoms with Crippen LogP contribution in [0.5, 0.6) is 0 Å². The maximum atomic E-state index is 11.4. The van der Waals surface area contributed by atoms with Gasteiger partial charge in [0.1, 0.15) is 11.4 Å². The Balaban J connectivity index is 2.62. The largest absolute Gasteiger partial charge is 0.480 e. The number of likely N-dealkylation sites (N-methyl/N-ethyl adjacent to an activating group) is 1. The molecule has 0 aliphatic heterocycles. The van der Waals surface area contributed by atoms with Crippen LogP contribution in [0, 0.1) is 0 Å². The molecule has 0 saturated heterocycles. The third-order valence-electron chi connectivity index (χ3n) is 2.80. The summed E-state index contributed by atoms with van der Waals surface area (Å²) < 4.78 is 5.14. The van der Waals surface area contributed by atoms with Gasteiger partial charge in [0.05, 0.1) is 0 Å². The molecule has 5 nitrogen and oxygen atoms in total. The van der Waals surface area contributed by atoms with Crippen molar-refractivity contribution < 1.29 is 9.90 Å². The first-order chi connectivity index (χ1) is 8.91. The van der Waals surface area contributed by atoms with Crippen molar-refractivity contribution in [2.45, 2.75) is 55.7 Å². The average Bonchev–Trinajstić information content (AvgIpc) is 2.76. The second-order valence-corrected chi connectivity index (χ2v) is 7.07. The number of carboxylic acid groups (broad SMARTS) is 1. The Kier molecular flexibility index (Phi) is 6.22. The van der Waals surface area contributed by atoms with Crippen molar-refractivity contribution in [3.63, 3.8) is 0 Å². The molecule has 108 valence electrons. The highest BCUT2D eigenvalue weighted by Gasteiger charge is 2.34. The first-order valence-electron chi connectivity index (χ1n) is 6.39. The zero-order valence-electron chi connectivity index (χ0n) is 11.8. The van der Waals surface area contributed by atoms with Gasteiger partial charge in [-0.15, -0.1) is 0 Å². The molecule has 0 bridgehead atoms. The van der Waals surface area contributed by atoms with E-state index >= 15 is 0 Å². The van der Waals surface area contributed by atoms with Crippen LogP contribution in [0.15, 0.2) is 4.34 Å². The maximum absolute atomic E-state index is 11.4. The van der Waals surface area contributed by atoms with Crippen LogP contribution >= 0.6 is 23.3 Å². The number of nitrogens with zero attached hydrogens (tertiary/aromatic N) is 2. The molecule has 0 aromatic carbocycles. The van der Waals surface area contributed by atoms with E-state index in [2.05, 4.69) is 14.7 Å². The number of aromatic nitrogens is 2. The highest BCUT2D eigenvalue weighted by atomic mass is 32.2. The van der Waals surface area contributed by atoms with Crippen LogP contribution in [0.3, 0.4) is 0 Å². The van der Waals surface area contributed by atoms with Crippen LogP contribution in [0.25, 0.3) is 0 Å². The smallest absolute Gasteiger partial charge is 0.323 e. The summed E-state index contributed by atoms with van der Waals surface area (Å²) in [4.78, 5) is 15.7. The van der Waals surface area contributed by atoms with E-state index in [9.17, 15) is 9.90 Å². The van der Waals surface area contributed by atoms with E-state index in [0.29, 0.717) is 13.0 Å². The number of carboxylic acids is 1. The Morgan fingerprint density at radius 1 is 1.58 bits per heavy atom. The zero-order chi connectivity index (χ0) is 14.5. The predicted octanol–water partition coefficient (Wildman–Crippen LogP) is 2.42. The lowest BCUT2D eigenvalue weighted by molar-refractivity contribution is -0.144. The molecule has 1 aromatic rings. The first-order valence-corrected chi connectivity index (χ1v) is 8.04. The van der Waals surface area contributed by atoms with Crippen molar-refractivity contribution in [2.24, 2.45) is 0 Å². The Labute approximate surface area is 122 Å². The van der Waals surface area contributed by atoms with E-state index in [1.165, 1.54) is 11.5 Å². The SMILES string of the molecule is CCNC(C)(CC(C)Sc1nc(CC)ns1)C(=O)O. The molecular weight excluding hydrogens is 282 g/mol. The normalized spacial score (nSPS) is 16.0. The lowest BCUT2D eigenvalue weighted by Crippen LogP contribution is -2.50. The zero-order valence-corrected chi connectivity index (χ0v) is 13.4. The second-order valence-electron chi connectivity index (χ2n) is 4.63. The summed E-state index contributed by atoms with van der Waals surface area (Å²) in [6, 6.07) is 0. The molecule has 2 unspecified atom stereocenters. The van der Waals surface area contributed by atoms with Crippen molar-refractivity contribution in [1.82, 2.24) is 14.7 Å². The van der Waals surface area contributed by atoms with E-state index in [1.54, 1.807) is 18.7 Å². The van der Waals surface area contributed by atoms with Crippen molar-refractivity contribution in [3.05, 3.63) is 5.82 Å². The minimum Gasteiger partial charge on any atom is -0.480 e. The number of rotatable bonds is 8. The van der Waals surface area contributed by atoms with Crippen molar-refractivity contribution >= 4 is 29.3 Å². The summed E-state index contributed by atoms with van der Waals surface area (Å²) in [6.07, 6.45) is 1.37. The summed E-state index contributed by atoms with van der Waals surface area (Å²) in [5, 5.41) is 12.5. The highest BCUT2D eigenvalue weighted by Crippen LogP contribution is 2.30. The topological polar surface area (TPSA) is 75.1 Å². The Morgan fingerprint density at radius 3 is 2.74 bits per heavy atom. The number of hydrogen-bond acceptors (Lipinski definition) is 6. The van der Waals surface area contributed by atoms with Crippen molar-refractivity contribution in [1.29, 1.82) is 0 Å². The maximum Gasteiger partial charge on any atom is 0.323 e. The first kappa shape index (κ1) is 16.4. The molecule has 0 spiro atoms. The molecule has 2 atom stereocenters. The molecule has 19 heavy (non-hydrogen) atoms. The number of thioether (sulfide) groups is 1. The molecular formula is C12H21N3O2S2. The minimum atomic E-state index is -0.889. The van der Waals surface area contributed by atoms with Crippen molar-refractivity contribution in [2.75, 3.05) is 6.54 Å². The van der Waals surface area contributed by atoms with Crippen LogP contribution in [-0.2, 0) is 11.2 Å². The number of carbonyl (C=O) groups is 1. The second kappa shape index (κ2) is 7.21. The monoisotopic (exact) mass is 303 g/mol. The molecule has 0 amide bonds. The Morgan fingerprint density at radius 2 is 2.26 bits per heavy atom. The van der Waals surface area contributed by atoms with Gasteiger partial charge in [-0.3, -0.25) is 4.79 Å². The van der Waals surface area contributed by atoms with Gasteiger partial charge in [0.15, 0.2) is 4.34 Å². The summed E-state index contributed by atoms with van der Waals surface area (Å²) in [5.41, 5.74) is -0.889. The van der Waals surface area contributed by atoms with Gasteiger partial charge in [-0.2, -0.15) is 4.37 Å². The van der Waals surface area contributed by atoms with Gasteiger partial charge in [0.2, 0.25) is 0 Å². The lowest BCUT2D eigenvalue weighted by atomic mass is 9.96. The summed E-state index contributed by atoms with van der Waals surface area (Å²) >= 11 is 2.98. The quantitative estimate of drug-likeness (QED) is 0.718. The van der Waals surface area contributed by atoms with Gasteiger partial charge in [-0.1, -0.05) is 32.5 Å². The molecule has 0 aliphatic carbocycles. The van der Waals surface area contributed by atoms with E-state index in [1.807, 2.05) is 20.8 Å². The minimum absolute atomic E-state index is 0.165. The van der Waals surface area contributed by atoms with Crippen LogP contribution in [0.4, 0.5) is 0 Å². The molecule has 1 rings (SSSR count). The van der Waals surface area contributed by atoms with E-state index in [0.717, 1.165) is 16.6 Å². The molecule has 1 heterocycles. The molecule has 7 heteroatoms. The van der Waals surface area contributed by atoms with Crippen LogP contribution < -0.4 is 5.32 Å². The highest BCUT2D eigenvalue weighted by molar-refractivity contribution is 8.01. The molecule has 0 saturated carbocycles. The molecule has 0 radical (unpaired) electrons. The van der Waals surface area contributed by atoms with Crippen LogP contribution in [0.1, 0.15) is 39.9 Å². The van der Waals surface area contributed by atoms with E-state index in [-0.39, 0.29) is 5.25 Å². The summed E-state index contributed by atoms with van der Waals surface area (Å²) in [5.74, 6) is 0.0423. The van der Waals surface area contributed by atoms with Gasteiger partial charge >= 0.3 is 5.97 Å². The standard InChI is InChI=1S/C12H21N3O2S2/c1-5-9-14-11(19-15-9)18-8(3)7-12(4,10(16)17)13-6-2/h8,13H,5-7H2,1-4H3,(H,16,17). The van der Waals surface area contributed by atoms with Gasteiger partial charge in [-0.25, -0.2) is 4.98 Å². The molecule has 1 aromatic heterocycles. The Hall–Kier alpha value is -0.660. The fourth-order valence-electron chi connectivity index (χ4n) is 1.84. The fourth-order valence-corrected chi connectivity index (χ4v) is 4.04. The van der Waals surface area contributed by atoms with Gasteiger partial charge in [0, 0.05) is 11.7 Å². The van der Waals surface area contributed by atoms with Crippen LogP contribution in [-0.4, -0.2) is 37.8 Å². The Bertz CT molecular complexity index is 425. The van der Waals surface area contributed by atoms with Crippen molar-refractivity contribution in [3.8, 4) is 0 Å². The van der Waals surface area contributed by atoms with Gasteiger partial charge < -0.3 is 10.4 Å². The average molecular weight is 303 g/mol. The number of hydrogen-bond donors (Lipinski definition) is 2.